The molecule has 0 spiro atoms. The van der Waals surface area contributed by atoms with E-state index in [0.717, 1.165) is 0 Å². The van der Waals surface area contributed by atoms with Crippen molar-refractivity contribution in [2.75, 3.05) is 13.7 Å². The predicted octanol–water partition coefficient (Wildman–Crippen LogP) is 0.326. The molecular weight excluding hydrogens is 250 g/mol. The Balaban J connectivity index is 2.76. The van der Waals surface area contributed by atoms with Crippen molar-refractivity contribution in [2.24, 2.45) is 0 Å². The molecule has 0 saturated carbocycles. The topological polar surface area (TPSA) is 95.9 Å². The minimum absolute atomic E-state index is 0.0493. The highest BCUT2D eigenvalue weighted by molar-refractivity contribution is 5.87. The number of carbonyl (C=O) groups is 2. The molecule has 0 aliphatic heterocycles. The van der Waals surface area contributed by atoms with Gasteiger partial charge in [-0.15, -0.1) is 0 Å². The molecule has 0 saturated heterocycles. The van der Waals surface area contributed by atoms with Gasteiger partial charge in [-0.3, -0.25) is 4.79 Å². The van der Waals surface area contributed by atoms with E-state index in [0.29, 0.717) is 5.56 Å². The quantitative estimate of drug-likeness (QED) is 0.661. The van der Waals surface area contributed by atoms with Gasteiger partial charge in [0.2, 0.25) is 0 Å². The first-order valence-electron chi connectivity index (χ1n) is 5.82. The van der Waals surface area contributed by atoms with Crippen LogP contribution >= 0.6 is 0 Å². The molecule has 1 amide bonds. The van der Waals surface area contributed by atoms with Gasteiger partial charge in [0.15, 0.2) is 6.10 Å². The first kappa shape index (κ1) is 15.1. The van der Waals surface area contributed by atoms with Gasteiger partial charge in [-0.1, -0.05) is 30.3 Å². The summed E-state index contributed by atoms with van der Waals surface area (Å²) in [6.07, 6.45) is -0.923. The SMILES string of the molecule is COC(C(=O)N[C@@H](CCO)C(=O)O)c1ccccc1. The van der Waals surface area contributed by atoms with Crippen LogP contribution < -0.4 is 5.32 Å². The zero-order chi connectivity index (χ0) is 14.3. The van der Waals surface area contributed by atoms with Gasteiger partial charge in [0.25, 0.3) is 5.91 Å². The lowest BCUT2D eigenvalue weighted by atomic mass is 10.1. The van der Waals surface area contributed by atoms with Crippen molar-refractivity contribution in [3.63, 3.8) is 0 Å². The van der Waals surface area contributed by atoms with Crippen LogP contribution in [0.3, 0.4) is 0 Å². The van der Waals surface area contributed by atoms with Crippen molar-refractivity contribution >= 4 is 11.9 Å². The Morgan fingerprint density at radius 2 is 1.95 bits per heavy atom. The highest BCUT2D eigenvalue weighted by Crippen LogP contribution is 2.16. The summed E-state index contributed by atoms with van der Waals surface area (Å²) in [5, 5.41) is 20.0. The molecule has 19 heavy (non-hydrogen) atoms. The van der Waals surface area contributed by atoms with Gasteiger partial charge >= 0.3 is 5.97 Å². The molecule has 1 rings (SSSR count). The van der Waals surface area contributed by atoms with Gasteiger partial charge in [0.05, 0.1) is 0 Å². The molecule has 2 atom stereocenters. The summed E-state index contributed by atoms with van der Waals surface area (Å²) >= 11 is 0. The Kier molecular flexibility index (Phi) is 5.98. The molecule has 6 nitrogen and oxygen atoms in total. The maximum atomic E-state index is 12.0. The normalized spacial score (nSPS) is 13.6. The molecule has 0 aliphatic carbocycles. The average molecular weight is 267 g/mol. The number of carboxylic acid groups (broad SMARTS) is 1. The van der Waals surface area contributed by atoms with Crippen molar-refractivity contribution in [2.45, 2.75) is 18.6 Å². The highest BCUT2D eigenvalue weighted by Gasteiger charge is 2.25. The zero-order valence-corrected chi connectivity index (χ0v) is 10.6. The first-order chi connectivity index (χ1) is 9.10. The predicted molar refractivity (Wildman–Crippen MR) is 67.5 cm³/mol. The number of hydrogen-bond donors (Lipinski definition) is 3. The van der Waals surface area contributed by atoms with Gasteiger partial charge in [0.1, 0.15) is 6.04 Å². The van der Waals surface area contributed by atoms with Gasteiger partial charge in [-0.25, -0.2) is 4.79 Å². The summed E-state index contributed by atoms with van der Waals surface area (Å²) in [4.78, 5) is 22.9. The Labute approximate surface area is 111 Å². The van der Waals surface area contributed by atoms with E-state index < -0.39 is 24.0 Å². The Bertz CT molecular complexity index is 420. The minimum atomic E-state index is -1.19. The first-order valence-corrected chi connectivity index (χ1v) is 5.82. The van der Waals surface area contributed by atoms with Crippen molar-refractivity contribution in [3.05, 3.63) is 35.9 Å². The van der Waals surface area contributed by atoms with Crippen LogP contribution in [0.5, 0.6) is 0 Å². The number of ether oxygens (including phenoxy) is 1. The van der Waals surface area contributed by atoms with Gasteiger partial charge < -0.3 is 20.3 Å². The zero-order valence-electron chi connectivity index (χ0n) is 10.6. The lowest BCUT2D eigenvalue weighted by Crippen LogP contribution is -2.43. The summed E-state index contributed by atoms with van der Waals surface area (Å²) in [6.45, 7) is -0.319. The number of benzene rings is 1. The van der Waals surface area contributed by atoms with Crippen LogP contribution in [-0.4, -0.2) is 41.8 Å². The molecule has 0 bridgehead atoms. The molecule has 6 heteroatoms. The van der Waals surface area contributed by atoms with E-state index in [9.17, 15) is 9.59 Å². The van der Waals surface area contributed by atoms with Crippen molar-refractivity contribution in [1.82, 2.24) is 5.32 Å². The third-order valence-electron chi connectivity index (χ3n) is 2.61. The maximum Gasteiger partial charge on any atom is 0.326 e. The van der Waals surface area contributed by atoms with Crippen molar-refractivity contribution in [1.29, 1.82) is 0 Å². The molecule has 1 aromatic carbocycles. The number of aliphatic hydroxyl groups excluding tert-OH is 1. The van der Waals surface area contributed by atoms with E-state index >= 15 is 0 Å². The van der Waals surface area contributed by atoms with E-state index in [-0.39, 0.29) is 13.0 Å². The van der Waals surface area contributed by atoms with E-state index in [1.54, 1.807) is 30.3 Å². The smallest absolute Gasteiger partial charge is 0.326 e. The van der Waals surface area contributed by atoms with E-state index in [1.165, 1.54) is 7.11 Å². The number of carbonyl (C=O) groups excluding carboxylic acids is 1. The van der Waals surface area contributed by atoms with Gasteiger partial charge in [0, 0.05) is 20.1 Å². The third-order valence-corrected chi connectivity index (χ3v) is 2.61. The molecule has 0 aromatic heterocycles. The van der Waals surface area contributed by atoms with Crippen LogP contribution in [0.15, 0.2) is 30.3 Å². The number of hydrogen-bond acceptors (Lipinski definition) is 4. The van der Waals surface area contributed by atoms with Crippen LogP contribution in [-0.2, 0) is 14.3 Å². The summed E-state index contributed by atoms with van der Waals surface area (Å²) < 4.78 is 5.09. The highest BCUT2D eigenvalue weighted by atomic mass is 16.5. The monoisotopic (exact) mass is 267 g/mol. The largest absolute Gasteiger partial charge is 0.480 e. The van der Waals surface area contributed by atoms with Gasteiger partial charge in [-0.2, -0.15) is 0 Å². The number of amides is 1. The van der Waals surface area contributed by atoms with Crippen molar-refractivity contribution in [3.8, 4) is 0 Å². The minimum Gasteiger partial charge on any atom is -0.480 e. The number of aliphatic hydroxyl groups is 1. The molecule has 1 aromatic rings. The molecule has 1 unspecified atom stereocenters. The Morgan fingerprint density at radius 1 is 1.32 bits per heavy atom. The Hall–Kier alpha value is -1.92. The fraction of sp³-hybridized carbons (Fsp3) is 0.385. The molecule has 0 aliphatic rings. The second-order valence-corrected chi connectivity index (χ2v) is 3.94. The van der Waals surface area contributed by atoms with Crippen molar-refractivity contribution < 1.29 is 24.5 Å². The number of rotatable bonds is 7. The third kappa shape index (κ3) is 4.35. The number of nitrogens with one attached hydrogen (secondary N) is 1. The van der Waals surface area contributed by atoms with Crippen LogP contribution in [0.1, 0.15) is 18.1 Å². The van der Waals surface area contributed by atoms with Crippen LogP contribution in [0.25, 0.3) is 0 Å². The molecular formula is C13H17NO5. The van der Waals surface area contributed by atoms with Crippen LogP contribution in [0.4, 0.5) is 0 Å². The van der Waals surface area contributed by atoms with Crippen LogP contribution in [0.2, 0.25) is 0 Å². The standard InChI is InChI=1S/C13H17NO5/c1-19-11(9-5-3-2-4-6-9)12(16)14-10(7-8-15)13(17)18/h2-6,10-11,15H,7-8H2,1H3,(H,14,16)(H,17,18)/t10-,11?/m0/s1. The molecule has 104 valence electrons. The number of methoxy groups -OCH3 is 1. The molecule has 0 fully saturated rings. The summed E-state index contributed by atoms with van der Waals surface area (Å²) in [5.41, 5.74) is 0.635. The van der Waals surface area contributed by atoms with Gasteiger partial charge in [-0.05, 0) is 5.56 Å². The summed E-state index contributed by atoms with van der Waals surface area (Å²) in [6, 6.07) is 7.64. The van der Waals surface area contributed by atoms with E-state index in [4.69, 9.17) is 14.9 Å². The summed E-state index contributed by atoms with van der Waals surface area (Å²) in [7, 11) is 1.37. The molecule has 0 radical (unpaired) electrons. The fourth-order valence-corrected chi connectivity index (χ4v) is 1.66. The Morgan fingerprint density at radius 3 is 2.42 bits per heavy atom. The summed E-state index contributed by atoms with van der Waals surface area (Å²) in [5.74, 6) is -1.74. The second kappa shape index (κ2) is 7.50. The second-order valence-electron chi connectivity index (χ2n) is 3.94. The van der Waals surface area contributed by atoms with Crippen LogP contribution in [0, 0.1) is 0 Å². The molecule has 3 N–H and O–H groups in total. The van der Waals surface area contributed by atoms with E-state index in [1.807, 2.05) is 0 Å². The average Bonchev–Trinajstić information content (AvgIpc) is 2.40. The van der Waals surface area contributed by atoms with E-state index in [2.05, 4.69) is 5.32 Å². The number of carboxylic acids is 1. The lowest BCUT2D eigenvalue weighted by Gasteiger charge is -2.19. The lowest BCUT2D eigenvalue weighted by molar-refractivity contribution is -0.144. The maximum absolute atomic E-state index is 12.0. The fourth-order valence-electron chi connectivity index (χ4n) is 1.66. The molecule has 0 heterocycles. The number of aliphatic carboxylic acids is 1.